The maximum absolute atomic E-state index is 11.9. The van der Waals surface area contributed by atoms with Crippen LogP contribution in [-0.4, -0.2) is 24.7 Å². The molecular formula is C16H23NO2. The maximum Gasteiger partial charge on any atom is 0.323 e. The largest absolute Gasteiger partial charge is 0.465 e. The average molecular weight is 261 g/mol. The lowest BCUT2D eigenvalue weighted by atomic mass is 10.1. The van der Waals surface area contributed by atoms with Crippen LogP contribution >= 0.6 is 0 Å². The molecule has 104 valence electrons. The first-order valence-electron chi connectivity index (χ1n) is 7.23. The minimum absolute atomic E-state index is 0.108. The highest BCUT2D eigenvalue weighted by atomic mass is 16.5. The molecule has 3 atom stereocenters. The summed E-state index contributed by atoms with van der Waals surface area (Å²) in [6, 6.07) is 10.8. The Bertz CT molecular complexity index is 404. The minimum Gasteiger partial charge on any atom is -0.465 e. The maximum atomic E-state index is 11.9. The summed E-state index contributed by atoms with van der Waals surface area (Å²) in [4.78, 5) is 11.9. The van der Waals surface area contributed by atoms with Gasteiger partial charge in [0.25, 0.3) is 0 Å². The molecule has 0 aliphatic heterocycles. The van der Waals surface area contributed by atoms with E-state index in [1.54, 1.807) is 0 Å². The van der Waals surface area contributed by atoms with E-state index >= 15 is 0 Å². The van der Waals surface area contributed by atoms with Crippen molar-refractivity contribution in [3.63, 3.8) is 0 Å². The fourth-order valence-corrected chi connectivity index (χ4v) is 2.51. The Morgan fingerprint density at radius 3 is 2.74 bits per heavy atom. The normalized spacial score (nSPS) is 22.8. The van der Waals surface area contributed by atoms with Crippen molar-refractivity contribution in [1.29, 1.82) is 0 Å². The molecule has 0 bridgehead atoms. The second kappa shape index (κ2) is 6.71. The van der Waals surface area contributed by atoms with Gasteiger partial charge in [-0.25, -0.2) is 0 Å². The lowest BCUT2D eigenvalue weighted by Gasteiger charge is -2.16. The first kappa shape index (κ1) is 14.1. The van der Waals surface area contributed by atoms with Gasteiger partial charge in [-0.3, -0.25) is 4.79 Å². The molecule has 19 heavy (non-hydrogen) atoms. The number of hydrogen-bond donors (Lipinski definition) is 1. The number of carbonyl (C=O) groups is 1. The molecule has 0 amide bonds. The molecule has 0 spiro atoms. The van der Waals surface area contributed by atoms with Crippen molar-refractivity contribution in [2.45, 2.75) is 51.1 Å². The molecular weight excluding hydrogens is 238 g/mol. The monoisotopic (exact) mass is 261 g/mol. The van der Waals surface area contributed by atoms with Crippen LogP contribution in [0.15, 0.2) is 30.3 Å². The van der Waals surface area contributed by atoms with Crippen molar-refractivity contribution in [2.24, 2.45) is 0 Å². The van der Waals surface area contributed by atoms with Gasteiger partial charge in [-0.1, -0.05) is 43.7 Å². The molecule has 0 radical (unpaired) electrons. The molecule has 1 saturated carbocycles. The van der Waals surface area contributed by atoms with Crippen molar-refractivity contribution >= 4 is 5.97 Å². The molecule has 1 N–H and O–H groups in total. The van der Waals surface area contributed by atoms with Crippen LogP contribution in [0.2, 0.25) is 0 Å². The molecule has 1 aromatic carbocycles. The van der Waals surface area contributed by atoms with Crippen LogP contribution in [0.3, 0.4) is 0 Å². The molecule has 0 aromatic heterocycles. The number of esters is 1. The van der Waals surface area contributed by atoms with Gasteiger partial charge in [0.2, 0.25) is 0 Å². The van der Waals surface area contributed by atoms with E-state index < -0.39 is 0 Å². The lowest BCUT2D eigenvalue weighted by Crippen LogP contribution is -2.39. The van der Waals surface area contributed by atoms with E-state index in [0.29, 0.717) is 18.6 Å². The third kappa shape index (κ3) is 3.80. The molecule has 2 rings (SSSR count). The Balaban J connectivity index is 1.88. The third-order valence-electron chi connectivity index (χ3n) is 3.58. The predicted molar refractivity (Wildman–Crippen MR) is 76.1 cm³/mol. The van der Waals surface area contributed by atoms with Gasteiger partial charge in [0.05, 0.1) is 6.61 Å². The van der Waals surface area contributed by atoms with E-state index in [0.717, 1.165) is 19.3 Å². The fourth-order valence-electron chi connectivity index (χ4n) is 2.51. The van der Waals surface area contributed by atoms with Gasteiger partial charge < -0.3 is 10.1 Å². The van der Waals surface area contributed by atoms with Crippen LogP contribution in [0.5, 0.6) is 0 Å². The molecule has 1 fully saturated rings. The first-order valence-corrected chi connectivity index (χ1v) is 7.23. The molecule has 0 heterocycles. The third-order valence-corrected chi connectivity index (χ3v) is 3.58. The number of ether oxygens (including phenoxy) is 1. The Kier molecular flexibility index (Phi) is 4.97. The summed E-state index contributed by atoms with van der Waals surface area (Å²) < 4.78 is 5.12. The molecule has 3 heteroatoms. The zero-order valence-electron chi connectivity index (χ0n) is 11.8. The zero-order valence-corrected chi connectivity index (χ0v) is 11.8. The van der Waals surface area contributed by atoms with Crippen LogP contribution in [0, 0.1) is 0 Å². The average Bonchev–Trinajstić information content (AvgIpc) is 3.19. The van der Waals surface area contributed by atoms with Crippen molar-refractivity contribution < 1.29 is 9.53 Å². The van der Waals surface area contributed by atoms with Crippen LogP contribution in [0.4, 0.5) is 0 Å². The van der Waals surface area contributed by atoms with E-state index in [1.165, 1.54) is 5.56 Å². The predicted octanol–water partition coefficient (Wildman–Crippen LogP) is 2.86. The molecule has 1 aliphatic rings. The second-order valence-electron chi connectivity index (χ2n) is 5.12. The van der Waals surface area contributed by atoms with E-state index in [2.05, 4.69) is 36.5 Å². The Morgan fingerprint density at radius 2 is 2.11 bits per heavy atom. The summed E-state index contributed by atoms with van der Waals surface area (Å²) in [5.74, 6) is 0.443. The Hall–Kier alpha value is -1.35. The van der Waals surface area contributed by atoms with Crippen LogP contribution in [0.25, 0.3) is 0 Å². The molecule has 0 saturated heterocycles. The van der Waals surface area contributed by atoms with Gasteiger partial charge in [-0.2, -0.15) is 0 Å². The highest BCUT2D eigenvalue weighted by Crippen LogP contribution is 2.41. The van der Waals surface area contributed by atoms with E-state index in [-0.39, 0.29) is 12.0 Å². The summed E-state index contributed by atoms with van der Waals surface area (Å²) in [7, 11) is 0. The summed E-state index contributed by atoms with van der Waals surface area (Å²) in [5.41, 5.74) is 1.36. The van der Waals surface area contributed by atoms with Crippen LogP contribution in [-0.2, 0) is 9.53 Å². The summed E-state index contributed by atoms with van der Waals surface area (Å²) >= 11 is 0. The number of nitrogens with one attached hydrogen (secondary N) is 1. The highest BCUT2D eigenvalue weighted by Gasteiger charge is 2.40. The SMILES string of the molecule is CCCC(NC1CC1c1ccccc1)C(=O)OCC. The van der Waals surface area contributed by atoms with Gasteiger partial charge in [0, 0.05) is 12.0 Å². The molecule has 3 nitrogen and oxygen atoms in total. The van der Waals surface area contributed by atoms with E-state index in [1.807, 2.05) is 13.0 Å². The van der Waals surface area contributed by atoms with Crippen LogP contribution < -0.4 is 5.32 Å². The van der Waals surface area contributed by atoms with Gasteiger partial charge in [-0.05, 0) is 25.3 Å². The van der Waals surface area contributed by atoms with E-state index in [4.69, 9.17) is 4.74 Å². The Morgan fingerprint density at radius 1 is 1.37 bits per heavy atom. The van der Waals surface area contributed by atoms with Gasteiger partial charge >= 0.3 is 5.97 Å². The summed E-state index contributed by atoms with van der Waals surface area (Å²) in [6.07, 6.45) is 2.94. The molecule has 1 aromatic rings. The smallest absolute Gasteiger partial charge is 0.323 e. The number of hydrogen-bond acceptors (Lipinski definition) is 3. The van der Waals surface area contributed by atoms with Gasteiger partial charge in [-0.15, -0.1) is 0 Å². The number of carbonyl (C=O) groups excluding carboxylic acids is 1. The zero-order chi connectivity index (χ0) is 13.7. The van der Waals surface area contributed by atoms with E-state index in [9.17, 15) is 4.79 Å². The lowest BCUT2D eigenvalue weighted by molar-refractivity contribution is -0.145. The van der Waals surface area contributed by atoms with Gasteiger partial charge in [0.1, 0.15) is 6.04 Å². The molecule has 3 unspecified atom stereocenters. The Labute approximate surface area is 115 Å². The summed E-state index contributed by atoms with van der Waals surface area (Å²) in [6.45, 7) is 4.40. The van der Waals surface area contributed by atoms with Crippen molar-refractivity contribution in [2.75, 3.05) is 6.61 Å². The number of benzene rings is 1. The van der Waals surface area contributed by atoms with Crippen molar-refractivity contribution in [1.82, 2.24) is 5.32 Å². The standard InChI is InChI=1S/C16H23NO2/c1-3-8-14(16(18)19-4-2)17-15-11-13(15)12-9-6-5-7-10-12/h5-7,9-10,13-15,17H,3-4,8,11H2,1-2H3. The quantitative estimate of drug-likeness (QED) is 0.767. The van der Waals surface area contributed by atoms with Gasteiger partial charge in [0.15, 0.2) is 0 Å². The molecule has 1 aliphatic carbocycles. The topological polar surface area (TPSA) is 38.3 Å². The van der Waals surface area contributed by atoms with Crippen molar-refractivity contribution in [3.8, 4) is 0 Å². The minimum atomic E-state index is -0.149. The second-order valence-corrected chi connectivity index (χ2v) is 5.12. The van der Waals surface area contributed by atoms with Crippen molar-refractivity contribution in [3.05, 3.63) is 35.9 Å². The summed E-state index contributed by atoms with van der Waals surface area (Å²) in [5, 5.41) is 3.45. The fraction of sp³-hybridized carbons (Fsp3) is 0.562. The first-order chi connectivity index (χ1) is 9.26. The van der Waals surface area contributed by atoms with Crippen LogP contribution in [0.1, 0.15) is 44.6 Å². The number of rotatable bonds is 7. The highest BCUT2D eigenvalue weighted by molar-refractivity contribution is 5.75.